The molecule has 3 N–H and O–H groups in total. The van der Waals surface area contributed by atoms with Crippen LogP contribution in [0.2, 0.25) is 0 Å². The van der Waals surface area contributed by atoms with Crippen LogP contribution in [-0.4, -0.2) is 81.6 Å². The number of halogens is 3. The van der Waals surface area contributed by atoms with Gasteiger partial charge in [0.15, 0.2) is 11.5 Å². The van der Waals surface area contributed by atoms with E-state index in [9.17, 15) is 33.3 Å². The number of benzene rings is 2. The number of phenolic OH excluding ortho intramolecular Hbond substituents is 1. The largest absolute Gasteiger partial charge is 0.504 e. The third kappa shape index (κ3) is 3.29. The zero-order chi connectivity index (χ0) is 27.2. The molecular weight excluding hydrogens is 501 g/mol. The second-order valence-electron chi connectivity index (χ2n) is 11.3. The molecule has 10 heteroatoms. The third-order valence-corrected chi connectivity index (χ3v) is 9.50. The fourth-order valence-corrected chi connectivity index (χ4v) is 7.69. The first-order valence-electron chi connectivity index (χ1n) is 12.9. The molecule has 3 unspecified atom stereocenters. The molecule has 0 aromatic heterocycles. The summed E-state index contributed by atoms with van der Waals surface area (Å²) in [7, 11) is 3.55. The number of nitrogens with zero attached hydrogens (tertiary/aromatic N) is 2. The van der Waals surface area contributed by atoms with E-state index in [-0.39, 0.29) is 36.3 Å². The molecule has 6 atom stereocenters. The number of aryl methyl sites for hydroxylation is 1. The number of ether oxygens (including phenoxy) is 1. The molecule has 2 aliphatic carbocycles. The topological polar surface area (TPSA) is 93.5 Å². The van der Waals surface area contributed by atoms with E-state index in [1.165, 1.54) is 12.1 Å². The number of phenols is 1. The second-order valence-corrected chi connectivity index (χ2v) is 11.3. The Morgan fingerprint density at radius 3 is 2.61 bits per heavy atom. The average Bonchev–Trinajstić information content (AvgIpc) is 3.24. The van der Waals surface area contributed by atoms with Gasteiger partial charge >= 0.3 is 6.18 Å². The van der Waals surface area contributed by atoms with Gasteiger partial charge in [-0.15, -0.1) is 0 Å². The highest BCUT2D eigenvalue weighted by Crippen LogP contribution is 2.65. The van der Waals surface area contributed by atoms with Gasteiger partial charge in [0.1, 0.15) is 6.10 Å². The minimum absolute atomic E-state index is 0.0607. The third-order valence-electron chi connectivity index (χ3n) is 9.50. The molecule has 2 aliphatic heterocycles. The number of hydrogen-bond acceptors (Lipinski definition) is 6. The number of piperidine rings is 1. The molecule has 1 amide bonds. The smallest absolute Gasteiger partial charge is 0.416 e. The summed E-state index contributed by atoms with van der Waals surface area (Å²) in [6, 6.07) is 7.46. The van der Waals surface area contributed by atoms with Gasteiger partial charge < -0.3 is 25.0 Å². The van der Waals surface area contributed by atoms with Crippen molar-refractivity contribution >= 4 is 5.91 Å². The minimum atomic E-state index is -4.42. The quantitative estimate of drug-likeness (QED) is 0.561. The molecule has 2 fully saturated rings. The van der Waals surface area contributed by atoms with E-state index >= 15 is 0 Å². The van der Waals surface area contributed by atoms with Crippen molar-refractivity contribution in [2.24, 2.45) is 0 Å². The Morgan fingerprint density at radius 1 is 1.21 bits per heavy atom. The molecule has 2 bridgehead atoms. The van der Waals surface area contributed by atoms with E-state index in [1.54, 1.807) is 18.0 Å². The molecule has 38 heavy (non-hydrogen) atoms. The number of rotatable bonds is 4. The number of aromatic hydroxyl groups is 1. The molecule has 6 rings (SSSR count). The zero-order valence-electron chi connectivity index (χ0n) is 21.2. The lowest BCUT2D eigenvalue weighted by Gasteiger charge is -2.65. The van der Waals surface area contributed by atoms with Gasteiger partial charge in [-0.05, 0) is 62.1 Å². The number of aliphatic hydroxyl groups is 2. The number of carbonyl (C=O) groups excluding carboxylic acids is 1. The molecule has 7 nitrogen and oxygen atoms in total. The number of hydrogen-bond donors (Lipinski definition) is 3. The predicted molar refractivity (Wildman–Crippen MR) is 131 cm³/mol. The molecule has 0 radical (unpaired) electrons. The van der Waals surface area contributed by atoms with Gasteiger partial charge in [0.05, 0.1) is 28.7 Å². The molecule has 2 aromatic rings. The van der Waals surface area contributed by atoms with E-state index in [2.05, 4.69) is 0 Å². The summed E-state index contributed by atoms with van der Waals surface area (Å²) in [6.07, 6.45) is -4.47. The Morgan fingerprint density at radius 2 is 1.92 bits per heavy atom. The molecule has 2 heterocycles. The van der Waals surface area contributed by atoms with Crippen molar-refractivity contribution in [2.45, 2.75) is 73.6 Å². The average molecular weight is 533 g/mol. The van der Waals surface area contributed by atoms with Gasteiger partial charge in [0.25, 0.3) is 0 Å². The van der Waals surface area contributed by atoms with E-state index in [1.807, 2.05) is 18.0 Å². The van der Waals surface area contributed by atoms with Crippen LogP contribution >= 0.6 is 0 Å². The monoisotopic (exact) mass is 532 g/mol. The first-order valence-corrected chi connectivity index (χ1v) is 12.9. The van der Waals surface area contributed by atoms with Crippen molar-refractivity contribution in [3.05, 3.63) is 58.7 Å². The summed E-state index contributed by atoms with van der Waals surface area (Å²) in [5.74, 6) is -0.00418. The Kier molecular flexibility index (Phi) is 5.59. The number of carbonyl (C=O) groups is 1. The summed E-state index contributed by atoms with van der Waals surface area (Å²) in [4.78, 5) is 16.9. The highest BCUT2D eigenvalue weighted by atomic mass is 19.4. The maximum Gasteiger partial charge on any atom is 0.416 e. The second kappa shape index (κ2) is 8.34. The molecule has 1 saturated heterocycles. The maximum atomic E-state index is 13.3. The van der Waals surface area contributed by atoms with Crippen LogP contribution < -0.4 is 4.74 Å². The van der Waals surface area contributed by atoms with E-state index in [0.717, 1.165) is 17.7 Å². The van der Waals surface area contributed by atoms with E-state index in [0.29, 0.717) is 36.9 Å². The van der Waals surface area contributed by atoms with Crippen molar-refractivity contribution in [1.29, 1.82) is 0 Å². The summed E-state index contributed by atoms with van der Waals surface area (Å²) in [5, 5.41) is 34.6. The minimum Gasteiger partial charge on any atom is -0.504 e. The van der Waals surface area contributed by atoms with Gasteiger partial charge in [0.2, 0.25) is 5.91 Å². The van der Waals surface area contributed by atoms with Gasteiger partial charge in [0, 0.05) is 31.6 Å². The van der Waals surface area contributed by atoms with Crippen LogP contribution in [0, 0.1) is 0 Å². The van der Waals surface area contributed by atoms with Crippen LogP contribution in [0.3, 0.4) is 0 Å². The summed E-state index contributed by atoms with van der Waals surface area (Å²) >= 11 is 0. The lowest BCUT2D eigenvalue weighted by atomic mass is 9.47. The highest BCUT2D eigenvalue weighted by molar-refractivity contribution is 5.77. The van der Waals surface area contributed by atoms with Gasteiger partial charge in [-0.25, -0.2) is 0 Å². The summed E-state index contributed by atoms with van der Waals surface area (Å²) < 4.78 is 45.0. The predicted octanol–water partition coefficient (Wildman–Crippen LogP) is 2.63. The number of likely N-dealkylation sites (N-methyl/N-ethyl adjacent to an activating group) is 2. The number of β-amino-alcohol motifs (C(OH)–C–C–N with tert-alkyl or cyclic N) is 1. The van der Waals surface area contributed by atoms with E-state index in [4.69, 9.17) is 4.74 Å². The van der Waals surface area contributed by atoms with Gasteiger partial charge in [-0.3, -0.25) is 9.69 Å². The maximum absolute atomic E-state index is 13.3. The molecule has 1 saturated carbocycles. The molecule has 4 aliphatic rings. The zero-order valence-corrected chi connectivity index (χ0v) is 21.2. The first kappa shape index (κ1) is 25.5. The van der Waals surface area contributed by atoms with Crippen LogP contribution in [0.1, 0.15) is 41.5 Å². The standard InChI is InChI=1S/C28H31F3N2O5/c1-32-14-21(35)27-23-16-6-9-19(34)24(23)38-25(27)18(11-12-26(27,37)20(32)13-16)33(2)22(36)10-5-15-3-7-17(8-4-15)28(29,30)31/h3-4,6-9,18,20-21,25,34-35,37H,5,10-14H2,1-2H3/t18?,20-,21?,25?,26-,27+/m1/s1. The first-order chi connectivity index (χ1) is 17.9. The number of likely N-dealkylation sites (tertiary alicyclic amines) is 1. The number of aliphatic hydroxyl groups excluding tert-OH is 1. The summed E-state index contributed by atoms with van der Waals surface area (Å²) in [6.45, 7) is 0.319. The number of amides is 1. The molecule has 204 valence electrons. The van der Waals surface area contributed by atoms with Crippen molar-refractivity contribution in [2.75, 3.05) is 20.6 Å². The molecule has 2 aromatic carbocycles. The Balaban J connectivity index is 1.29. The Labute approximate surface area is 218 Å². The highest BCUT2D eigenvalue weighted by Gasteiger charge is 2.76. The SMILES string of the molecule is CN(C(=O)CCc1ccc(C(F)(F)F)cc1)C1CC[C@@]2(O)[C@H]3Cc4ccc(O)c5c4[C@@]2(C(O)CN3C)C1O5. The van der Waals surface area contributed by atoms with Crippen LogP contribution in [0.4, 0.5) is 13.2 Å². The van der Waals surface area contributed by atoms with Crippen LogP contribution in [-0.2, 0) is 29.2 Å². The van der Waals surface area contributed by atoms with Crippen molar-refractivity contribution in [1.82, 2.24) is 9.80 Å². The van der Waals surface area contributed by atoms with Gasteiger partial charge in [-0.1, -0.05) is 18.2 Å². The number of alkyl halides is 3. The lowest BCUT2D eigenvalue weighted by molar-refractivity contribution is -0.232. The normalized spacial score (nSPS) is 33.4. The van der Waals surface area contributed by atoms with Crippen molar-refractivity contribution in [3.63, 3.8) is 0 Å². The summed E-state index contributed by atoms with van der Waals surface area (Å²) in [5.41, 5.74) is -1.05. The lowest BCUT2D eigenvalue weighted by Crippen LogP contribution is -2.82. The Hall–Kier alpha value is -2.82. The Bertz CT molecular complexity index is 1280. The fraction of sp³-hybridized carbons (Fsp3) is 0.536. The van der Waals surface area contributed by atoms with Crippen LogP contribution in [0.25, 0.3) is 0 Å². The van der Waals surface area contributed by atoms with Crippen molar-refractivity contribution in [3.8, 4) is 11.5 Å². The molecular formula is C28H31F3N2O5. The van der Waals surface area contributed by atoms with Gasteiger partial charge in [-0.2, -0.15) is 13.2 Å². The van der Waals surface area contributed by atoms with Crippen LogP contribution in [0.15, 0.2) is 36.4 Å². The fourth-order valence-electron chi connectivity index (χ4n) is 7.69. The molecule has 1 spiro atoms. The van der Waals surface area contributed by atoms with Crippen LogP contribution in [0.5, 0.6) is 11.5 Å². The van der Waals surface area contributed by atoms with E-state index < -0.39 is 41.0 Å². The van der Waals surface area contributed by atoms with Crippen molar-refractivity contribution < 1.29 is 38.0 Å².